The molecule has 0 bridgehead atoms. The van der Waals surface area contributed by atoms with Gasteiger partial charge in [0.2, 0.25) is 5.91 Å². The molecule has 1 N–H and O–H groups in total. The molecule has 1 fully saturated rings. The van der Waals surface area contributed by atoms with Crippen LogP contribution in [0.2, 0.25) is 0 Å². The first-order valence-electron chi connectivity index (χ1n) is 6.01. The molecule has 1 amide bonds. The van der Waals surface area contributed by atoms with Gasteiger partial charge in [0.1, 0.15) is 0 Å². The Bertz CT molecular complexity index is 413. The molecule has 1 aliphatic rings. The second kappa shape index (κ2) is 5.11. The zero-order chi connectivity index (χ0) is 12.5. The van der Waals surface area contributed by atoms with Gasteiger partial charge in [-0.2, -0.15) is 0 Å². The van der Waals surface area contributed by atoms with Gasteiger partial charge >= 0.3 is 0 Å². The summed E-state index contributed by atoms with van der Waals surface area (Å²) in [7, 11) is 0. The largest absolute Gasteiger partial charge is 0.351 e. The average molecular weight is 316 g/mol. The predicted octanol–water partition coefficient (Wildman–Crippen LogP) is 3.95. The third kappa shape index (κ3) is 3.10. The van der Waals surface area contributed by atoms with Crippen LogP contribution >= 0.6 is 27.3 Å². The Kier molecular flexibility index (Phi) is 3.93. The molecular formula is C13H18BrNOS. The quantitative estimate of drug-likeness (QED) is 0.899. The molecule has 1 aliphatic carbocycles. The van der Waals surface area contributed by atoms with E-state index in [1.165, 1.54) is 11.3 Å². The zero-order valence-corrected chi connectivity index (χ0v) is 12.7. The van der Waals surface area contributed by atoms with Crippen LogP contribution in [0.25, 0.3) is 0 Å². The van der Waals surface area contributed by atoms with Gasteiger partial charge < -0.3 is 5.32 Å². The molecule has 0 aliphatic heterocycles. The molecule has 17 heavy (non-hydrogen) atoms. The second-order valence-corrected chi connectivity index (χ2v) is 7.90. The van der Waals surface area contributed by atoms with E-state index in [1.54, 1.807) is 11.3 Å². The molecule has 94 valence electrons. The Morgan fingerprint density at radius 1 is 1.59 bits per heavy atom. The van der Waals surface area contributed by atoms with E-state index in [1.807, 2.05) is 6.07 Å². The first-order chi connectivity index (χ1) is 7.99. The van der Waals surface area contributed by atoms with Crippen molar-refractivity contribution in [2.45, 2.75) is 39.7 Å². The van der Waals surface area contributed by atoms with Crippen molar-refractivity contribution >= 4 is 33.2 Å². The van der Waals surface area contributed by atoms with Crippen molar-refractivity contribution in [2.24, 2.45) is 11.3 Å². The highest BCUT2D eigenvalue weighted by atomic mass is 79.9. The van der Waals surface area contributed by atoms with Crippen molar-refractivity contribution in [3.63, 3.8) is 0 Å². The SMILES string of the molecule is CC1(C)CCCC1C(=O)NCc1ccc(Br)s1. The van der Waals surface area contributed by atoms with E-state index < -0.39 is 0 Å². The Morgan fingerprint density at radius 2 is 2.35 bits per heavy atom. The summed E-state index contributed by atoms with van der Waals surface area (Å²) < 4.78 is 1.11. The van der Waals surface area contributed by atoms with Crippen LogP contribution < -0.4 is 5.32 Å². The van der Waals surface area contributed by atoms with Gasteiger partial charge in [-0.3, -0.25) is 4.79 Å². The van der Waals surface area contributed by atoms with E-state index in [-0.39, 0.29) is 17.2 Å². The first-order valence-corrected chi connectivity index (χ1v) is 7.62. The normalized spacial score (nSPS) is 22.6. The van der Waals surface area contributed by atoms with Crippen molar-refractivity contribution in [3.05, 3.63) is 20.8 Å². The van der Waals surface area contributed by atoms with E-state index in [4.69, 9.17) is 0 Å². The summed E-state index contributed by atoms with van der Waals surface area (Å²) in [6.45, 7) is 5.06. The summed E-state index contributed by atoms with van der Waals surface area (Å²) >= 11 is 5.10. The fourth-order valence-corrected chi connectivity index (χ4v) is 3.98. The second-order valence-electron chi connectivity index (χ2n) is 5.36. The summed E-state index contributed by atoms with van der Waals surface area (Å²) in [4.78, 5) is 13.3. The summed E-state index contributed by atoms with van der Waals surface area (Å²) in [5.41, 5.74) is 0.167. The molecule has 2 rings (SSSR count). The maximum absolute atomic E-state index is 12.1. The van der Waals surface area contributed by atoms with E-state index in [2.05, 4.69) is 41.2 Å². The third-order valence-electron chi connectivity index (χ3n) is 3.64. The highest BCUT2D eigenvalue weighted by molar-refractivity contribution is 9.11. The number of carbonyl (C=O) groups excluding carboxylic acids is 1. The smallest absolute Gasteiger partial charge is 0.223 e. The number of carbonyl (C=O) groups is 1. The molecule has 1 saturated carbocycles. The number of hydrogen-bond acceptors (Lipinski definition) is 2. The fourth-order valence-electron chi connectivity index (χ4n) is 2.56. The van der Waals surface area contributed by atoms with Crippen LogP contribution in [0.15, 0.2) is 15.9 Å². The highest BCUT2D eigenvalue weighted by Crippen LogP contribution is 2.42. The first kappa shape index (κ1) is 13.1. The van der Waals surface area contributed by atoms with Crippen molar-refractivity contribution < 1.29 is 4.79 Å². The molecule has 1 aromatic rings. The monoisotopic (exact) mass is 315 g/mol. The predicted molar refractivity (Wildman–Crippen MR) is 75.0 cm³/mol. The maximum atomic E-state index is 12.1. The van der Waals surface area contributed by atoms with Crippen LogP contribution in [0.4, 0.5) is 0 Å². The van der Waals surface area contributed by atoms with Crippen LogP contribution in [0.3, 0.4) is 0 Å². The van der Waals surface area contributed by atoms with E-state index in [0.29, 0.717) is 6.54 Å². The molecule has 0 spiro atoms. The summed E-state index contributed by atoms with van der Waals surface area (Å²) in [6, 6.07) is 4.07. The van der Waals surface area contributed by atoms with Crippen molar-refractivity contribution in [3.8, 4) is 0 Å². The lowest BCUT2D eigenvalue weighted by Gasteiger charge is -2.25. The number of halogens is 1. The van der Waals surface area contributed by atoms with Gasteiger partial charge in [-0.25, -0.2) is 0 Å². The van der Waals surface area contributed by atoms with Gasteiger partial charge in [0.15, 0.2) is 0 Å². The minimum atomic E-state index is 0.167. The Hall–Kier alpha value is -0.350. The number of amides is 1. The fraction of sp³-hybridized carbons (Fsp3) is 0.615. The van der Waals surface area contributed by atoms with Gasteiger partial charge in [-0.05, 0) is 46.3 Å². The number of nitrogens with one attached hydrogen (secondary N) is 1. The Labute approximate surface area is 115 Å². The number of hydrogen-bond donors (Lipinski definition) is 1. The molecular weight excluding hydrogens is 298 g/mol. The molecule has 0 radical (unpaired) electrons. The summed E-state index contributed by atoms with van der Waals surface area (Å²) in [5.74, 6) is 0.405. The van der Waals surface area contributed by atoms with Crippen molar-refractivity contribution in [1.29, 1.82) is 0 Å². The average Bonchev–Trinajstić information content (AvgIpc) is 2.81. The lowest BCUT2D eigenvalue weighted by atomic mass is 9.81. The molecule has 1 heterocycles. The van der Waals surface area contributed by atoms with Gasteiger partial charge in [0, 0.05) is 10.8 Å². The molecule has 1 unspecified atom stereocenters. The van der Waals surface area contributed by atoms with E-state index >= 15 is 0 Å². The van der Waals surface area contributed by atoms with Gasteiger partial charge in [-0.1, -0.05) is 20.3 Å². The summed E-state index contributed by atoms with van der Waals surface area (Å²) in [6.07, 6.45) is 3.37. The van der Waals surface area contributed by atoms with Crippen LogP contribution in [-0.2, 0) is 11.3 Å². The lowest BCUT2D eigenvalue weighted by Crippen LogP contribution is -2.35. The van der Waals surface area contributed by atoms with Gasteiger partial charge in [0.05, 0.1) is 10.3 Å². The Balaban J connectivity index is 1.89. The van der Waals surface area contributed by atoms with Gasteiger partial charge in [0.25, 0.3) is 0 Å². The van der Waals surface area contributed by atoms with E-state index in [9.17, 15) is 4.79 Å². The molecule has 0 aromatic carbocycles. The summed E-state index contributed by atoms with van der Waals surface area (Å²) in [5, 5.41) is 3.06. The van der Waals surface area contributed by atoms with Crippen molar-refractivity contribution in [2.75, 3.05) is 0 Å². The molecule has 2 nitrogen and oxygen atoms in total. The number of rotatable bonds is 3. The topological polar surface area (TPSA) is 29.1 Å². The van der Waals surface area contributed by atoms with Crippen LogP contribution in [0.5, 0.6) is 0 Å². The Morgan fingerprint density at radius 3 is 2.88 bits per heavy atom. The third-order valence-corrected chi connectivity index (χ3v) is 5.26. The molecule has 1 aromatic heterocycles. The molecule has 4 heteroatoms. The highest BCUT2D eigenvalue weighted by Gasteiger charge is 2.38. The van der Waals surface area contributed by atoms with Crippen LogP contribution in [0.1, 0.15) is 38.0 Å². The maximum Gasteiger partial charge on any atom is 0.223 e. The molecule has 1 atom stereocenters. The lowest BCUT2D eigenvalue weighted by molar-refractivity contribution is -0.127. The minimum Gasteiger partial charge on any atom is -0.351 e. The van der Waals surface area contributed by atoms with Crippen LogP contribution in [-0.4, -0.2) is 5.91 Å². The standard InChI is InChI=1S/C13H18BrNOS/c1-13(2)7-3-4-10(13)12(16)15-8-9-5-6-11(14)17-9/h5-6,10H,3-4,7-8H2,1-2H3,(H,15,16). The van der Waals surface area contributed by atoms with Crippen LogP contribution in [0, 0.1) is 11.3 Å². The zero-order valence-electron chi connectivity index (χ0n) is 10.3. The number of thiophene rings is 1. The van der Waals surface area contributed by atoms with Gasteiger partial charge in [-0.15, -0.1) is 11.3 Å². The minimum absolute atomic E-state index is 0.167. The van der Waals surface area contributed by atoms with E-state index in [0.717, 1.165) is 16.6 Å². The van der Waals surface area contributed by atoms with Crippen molar-refractivity contribution in [1.82, 2.24) is 5.32 Å². The molecule has 0 saturated heterocycles.